The van der Waals surface area contributed by atoms with Crippen molar-refractivity contribution in [1.82, 2.24) is 10.6 Å². The maximum Gasteiger partial charge on any atom is 0.269 e. The Balaban J connectivity index is 0.00000341. The number of nitro benzene ring substituents is 1. The van der Waals surface area contributed by atoms with Crippen LogP contribution in [0.4, 0.5) is 5.69 Å². The summed E-state index contributed by atoms with van der Waals surface area (Å²) in [5.74, 6) is 0.649. The van der Waals surface area contributed by atoms with Gasteiger partial charge in [-0.15, -0.1) is 24.0 Å². The molecule has 0 aliphatic heterocycles. The molecule has 0 atom stereocenters. The second kappa shape index (κ2) is 11.4. The Bertz CT molecular complexity index is 1000. The van der Waals surface area contributed by atoms with Crippen molar-refractivity contribution in [1.29, 1.82) is 0 Å². The normalized spacial score (nSPS) is 14.7. The summed E-state index contributed by atoms with van der Waals surface area (Å²) >= 11 is 0. The highest BCUT2D eigenvalue weighted by Gasteiger charge is 2.16. The summed E-state index contributed by atoms with van der Waals surface area (Å²) in [5.41, 5.74) is 1.81. The lowest BCUT2D eigenvalue weighted by atomic mass is 10.2. The van der Waals surface area contributed by atoms with Gasteiger partial charge >= 0.3 is 0 Å². The highest BCUT2D eigenvalue weighted by Crippen LogP contribution is 2.18. The molecule has 0 amide bonds. The zero-order chi connectivity index (χ0) is 21.6. The van der Waals surface area contributed by atoms with Gasteiger partial charge in [-0.2, -0.15) is 0 Å². The van der Waals surface area contributed by atoms with Crippen LogP contribution in [-0.2, 0) is 23.1 Å². The van der Waals surface area contributed by atoms with Crippen molar-refractivity contribution in [2.45, 2.75) is 49.7 Å². The van der Waals surface area contributed by atoms with Crippen LogP contribution in [0.2, 0.25) is 0 Å². The molecule has 1 aliphatic carbocycles. The summed E-state index contributed by atoms with van der Waals surface area (Å²) in [4.78, 5) is 15.0. The van der Waals surface area contributed by atoms with Gasteiger partial charge in [0.25, 0.3) is 5.69 Å². The number of halogens is 1. The van der Waals surface area contributed by atoms with E-state index in [2.05, 4.69) is 15.6 Å². The van der Waals surface area contributed by atoms with Gasteiger partial charge in [-0.05, 0) is 36.1 Å². The number of non-ortho nitro benzene ring substituents is 1. The van der Waals surface area contributed by atoms with E-state index in [9.17, 15) is 18.5 Å². The molecule has 0 spiro atoms. The van der Waals surface area contributed by atoms with Crippen molar-refractivity contribution < 1.29 is 13.3 Å². The molecule has 1 fully saturated rings. The predicted molar refractivity (Wildman–Crippen MR) is 130 cm³/mol. The first-order chi connectivity index (χ1) is 14.3. The molecular weight excluding hydrogens is 533 g/mol. The zero-order valence-corrected chi connectivity index (χ0v) is 20.0. The van der Waals surface area contributed by atoms with Crippen LogP contribution in [0.5, 0.6) is 0 Å². The third-order valence-corrected chi connectivity index (χ3v) is 5.90. The molecular formula is C20H26IN5O4S. The Labute approximate surface area is 198 Å². The van der Waals surface area contributed by atoms with Crippen LogP contribution in [0, 0.1) is 10.1 Å². The van der Waals surface area contributed by atoms with Gasteiger partial charge in [0.15, 0.2) is 5.96 Å². The standard InChI is InChI=1S/C20H25N5O4S.HI/c21-30(28,29)19-11-7-16(8-12-19)14-23-20(24-17-3-1-2-4-17)22-13-15-5-9-18(10-6-15)25(26)27;/h5-12,17H,1-4,13-14H2,(H2,21,28,29)(H2,22,23,24);1H. The SMILES string of the molecule is I.NS(=O)(=O)c1ccc(CN=C(NCc2ccc([N+](=O)[O-])cc2)NC2CCCC2)cc1. The molecule has 11 heteroatoms. The van der Waals surface area contributed by atoms with E-state index in [4.69, 9.17) is 5.14 Å². The second-order valence-corrected chi connectivity index (χ2v) is 8.82. The minimum atomic E-state index is -3.72. The van der Waals surface area contributed by atoms with E-state index >= 15 is 0 Å². The molecule has 9 nitrogen and oxygen atoms in total. The maximum absolute atomic E-state index is 11.4. The summed E-state index contributed by atoms with van der Waals surface area (Å²) in [6.45, 7) is 0.841. The number of hydrogen-bond acceptors (Lipinski definition) is 5. The van der Waals surface area contributed by atoms with Crippen molar-refractivity contribution in [3.05, 3.63) is 69.8 Å². The number of nitro groups is 1. The second-order valence-electron chi connectivity index (χ2n) is 7.26. The van der Waals surface area contributed by atoms with Gasteiger partial charge in [-0.1, -0.05) is 37.1 Å². The highest BCUT2D eigenvalue weighted by molar-refractivity contribution is 14.0. The summed E-state index contributed by atoms with van der Waals surface area (Å²) in [6, 6.07) is 13.0. The van der Waals surface area contributed by atoms with Gasteiger partial charge in [-0.25, -0.2) is 18.5 Å². The van der Waals surface area contributed by atoms with E-state index in [0.29, 0.717) is 25.1 Å². The molecule has 0 aromatic heterocycles. The largest absolute Gasteiger partial charge is 0.354 e. The smallest absolute Gasteiger partial charge is 0.269 e. The third kappa shape index (κ3) is 7.74. The Hall–Kier alpha value is -2.25. The molecule has 3 rings (SSSR count). The average molecular weight is 559 g/mol. The number of nitrogens with one attached hydrogen (secondary N) is 2. The topological polar surface area (TPSA) is 140 Å². The van der Waals surface area contributed by atoms with E-state index < -0.39 is 14.9 Å². The number of rotatable bonds is 7. The predicted octanol–water partition coefficient (Wildman–Crippen LogP) is 3.04. The van der Waals surface area contributed by atoms with Gasteiger partial charge in [-0.3, -0.25) is 10.1 Å². The van der Waals surface area contributed by atoms with E-state index in [1.165, 1.54) is 37.1 Å². The van der Waals surface area contributed by atoms with Gasteiger partial charge in [0.1, 0.15) is 0 Å². The lowest BCUT2D eigenvalue weighted by molar-refractivity contribution is -0.384. The fraction of sp³-hybridized carbons (Fsp3) is 0.350. The monoisotopic (exact) mass is 559 g/mol. The minimum Gasteiger partial charge on any atom is -0.354 e. The van der Waals surface area contributed by atoms with Crippen LogP contribution in [-0.4, -0.2) is 25.3 Å². The van der Waals surface area contributed by atoms with Crippen molar-refractivity contribution in [3.63, 3.8) is 0 Å². The fourth-order valence-corrected chi connectivity index (χ4v) is 3.81. The number of primary sulfonamides is 1. The molecule has 0 heterocycles. The van der Waals surface area contributed by atoms with Crippen LogP contribution in [0.1, 0.15) is 36.8 Å². The summed E-state index contributed by atoms with van der Waals surface area (Å²) < 4.78 is 22.7. The number of hydrogen-bond donors (Lipinski definition) is 3. The first kappa shape index (κ1) is 25.0. The molecule has 0 saturated heterocycles. The Morgan fingerprint density at radius 3 is 2.19 bits per heavy atom. The molecule has 31 heavy (non-hydrogen) atoms. The Kier molecular flexibility index (Phi) is 9.19. The summed E-state index contributed by atoms with van der Waals surface area (Å²) in [7, 11) is -3.72. The van der Waals surface area contributed by atoms with Crippen LogP contribution >= 0.6 is 24.0 Å². The van der Waals surface area contributed by atoms with Crippen LogP contribution in [0.25, 0.3) is 0 Å². The highest BCUT2D eigenvalue weighted by atomic mass is 127. The lowest BCUT2D eigenvalue weighted by Crippen LogP contribution is -2.42. The van der Waals surface area contributed by atoms with Gasteiger partial charge < -0.3 is 10.6 Å². The number of nitrogens with two attached hydrogens (primary N) is 1. The number of nitrogens with zero attached hydrogens (tertiary/aromatic N) is 2. The Morgan fingerprint density at radius 1 is 1.06 bits per heavy atom. The lowest BCUT2D eigenvalue weighted by Gasteiger charge is -2.17. The van der Waals surface area contributed by atoms with E-state index in [0.717, 1.165) is 24.0 Å². The van der Waals surface area contributed by atoms with Gasteiger partial charge in [0.05, 0.1) is 16.4 Å². The molecule has 4 N–H and O–H groups in total. The van der Waals surface area contributed by atoms with Crippen molar-refractivity contribution in [2.75, 3.05) is 0 Å². The summed E-state index contributed by atoms with van der Waals surface area (Å²) in [5, 5.41) is 22.6. The quantitative estimate of drug-likeness (QED) is 0.157. The summed E-state index contributed by atoms with van der Waals surface area (Å²) in [6.07, 6.45) is 4.53. The number of benzene rings is 2. The van der Waals surface area contributed by atoms with Crippen LogP contribution in [0.15, 0.2) is 58.4 Å². The molecule has 2 aromatic rings. The molecule has 0 radical (unpaired) electrons. The van der Waals surface area contributed by atoms with Crippen molar-refractivity contribution in [2.24, 2.45) is 10.1 Å². The van der Waals surface area contributed by atoms with Crippen LogP contribution in [0.3, 0.4) is 0 Å². The molecule has 168 valence electrons. The number of sulfonamides is 1. The molecule has 1 saturated carbocycles. The minimum absolute atomic E-state index is 0. The van der Waals surface area contributed by atoms with E-state index in [1.807, 2.05) is 0 Å². The van der Waals surface area contributed by atoms with E-state index in [1.54, 1.807) is 24.3 Å². The molecule has 1 aliphatic rings. The molecule has 2 aromatic carbocycles. The average Bonchev–Trinajstić information content (AvgIpc) is 3.23. The van der Waals surface area contributed by atoms with Crippen LogP contribution < -0.4 is 15.8 Å². The number of aliphatic imine (C=N–C) groups is 1. The molecule has 0 unspecified atom stereocenters. The number of guanidine groups is 1. The fourth-order valence-electron chi connectivity index (χ4n) is 3.29. The van der Waals surface area contributed by atoms with E-state index in [-0.39, 0.29) is 34.6 Å². The first-order valence-corrected chi connectivity index (χ1v) is 11.3. The maximum atomic E-state index is 11.4. The van der Waals surface area contributed by atoms with Gasteiger partial charge in [0.2, 0.25) is 10.0 Å². The molecule has 0 bridgehead atoms. The Morgan fingerprint density at radius 2 is 1.65 bits per heavy atom. The van der Waals surface area contributed by atoms with Crippen molar-refractivity contribution in [3.8, 4) is 0 Å². The van der Waals surface area contributed by atoms with Crippen molar-refractivity contribution >= 4 is 45.6 Å². The third-order valence-electron chi connectivity index (χ3n) is 4.97. The zero-order valence-electron chi connectivity index (χ0n) is 16.9. The van der Waals surface area contributed by atoms with Gasteiger partial charge in [0, 0.05) is 24.7 Å². The first-order valence-electron chi connectivity index (χ1n) is 9.71.